The van der Waals surface area contributed by atoms with Crippen LogP contribution in [0.5, 0.6) is 0 Å². The standard InChI is InChI=1S/C40H71NO3/c1-3-5-7-9-11-13-15-17-18-19-20-21-22-24-25-27-29-31-33-35-39(43)38(37-42)41-40(44)36-34-32-30-28-26-23-16-14-12-10-8-6-4-2/h20-21,23,25-27,30,32-33,35,38-39,42-43H,3-19,22,24,28-29,31,34,36-37H2,1-2H3,(H,41,44)/b21-20+,26-23-,27-25+,32-30-,35-33+. The summed E-state index contributed by atoms with van der Waals surface area (Å²) < 4.78 is 0. The molecule has 0 fully saturated rings. The van der Waals surface area contributed by atoms with E-state index in [0.717, 1.165) is 38.5 Å². The molecule has 4 nitrogen and oxygen atoms in total. The lowest BCUT2D eigenvalue weighted by Gasteiger charge is -2.19. The van der Waals surface area contributed by atoms with Gasteiger partial charge in [0.05, 0.1) is 18.8 Å². The third-order valence-corrected chi connectivity index (χ3v) is 7.96. The Hall–Kier alpha value is -1.91. The zero-order chi connectivity index (χ0) is 32.2. The quantitative estimate of drug-likeness (QED) is 0.0522. The van der Waals surface area contributed by atoms with Gasteiger partial charge in [0.2, 0.25) is 5.91 Å². The van der Waals surface area contributed by atoms with Crippen molar-refractivity contribution in [3.8, 4) is 0 Å². The fourth-order valence-electron chi connectivity index (χ4n) is 5.08. The maximum Gasteiger partial charge on any atom is 0.220 e. The van der Waals surface area contributed by atoms with Gasteiger partial charge in [-0.3, -0.25) is 4.79 Å². The van der Waals surface area contributed by atoms with Crippen LogP contribution in [0.1, 0.15) is 168 Å². The number of hydrogen-bond donors (Lipinski definition) is 3. The fraction of sp³-hybridized carbons (Fsp3) is 0.725. The molecule has 0 aliphatic carbocycles. The molecular formula is C40H71NO3. The Morgan fingerprint density at radius 2 is 0.955 bits per heavy atom. The molecule has 44 heavy (non-hydrogen) atoms. The number of carbonyl (C=O) groups excluding carboxylic acids is 1. The normalized spacial score (nSPS) is 13.8. The first-order chi connectivity index (χ1) is 21.7. The van der Waals surface area contributed by atoms with E-state index in [4.69, 9.17) is 0 Å². The molecule has 3 N–H and O–H groups in total. The molecule has 2 atom stereocenters. The third-order valence-electron chi connectivity index (χ3n) is 7.96. The van der Waals surface area contributed by atoms with Gasteiger partial charge in [0.15, 0.2) is 0 Å². The first-order valence-corrected chi connectivity index (χ1v) is 18.5. The highest BCUT2D eigenvalue weighted by molar-refractivity contribution is 5.76. The third kappa shape index (κ3) is 31.5. The van der Waals surface area contributed by atoms with E-state index >= 15 is 0 Å². The zero-order valence-corrected chi connectivity index (χ0v) is 28.9. The molecule has 0 aromatic carbocycles. The summed E-state index contributed by atoms with van der Waals surface area (Å²) in [5.41, 5.74) is 0. The van der Waals surface area contributed by atoms with Crippen LogP contribution in [0.2, 0.25) is 0 Å². The minimum Gasteiger partial charge on any atom is -0.394 e. The predicted molar refractivity (Wildman–Crippen MR) is 193 cm³/mol. The largest absolute Gasteiger partial charge is 0.394 e. The molecule has 0 saturated carbocycles. The van der Waals surface area contributed by atoms with Crippen molar-refractivity contribution in [1.82, 2.24) is 5.32 Å². The summed E-state index contributed by atoms with van der Waals surface area (Å²) in [6.07, 6.45) is 48.9. The zero-order valence-electron chi connectivity index (χ0n) is 28.9. The van der Waals surface area contributed by atoms with Crippen molar-refractivity contribution in [2.75, 3.05) is 6.61 Å². The van der Waals surface area contributed by atoms with E-state index in [1.165, 1.54) is 103 Å². The minimum atomic E-state index is -0.892. The highest BCUT2D eigenvalue weighted by Crippen LogP contribution is 2.11. The second kappa shape index (κ2) is 35.6. The first kappa shape index (κ1) is 42.1. The van der Waals surface area contributed by atoms with Gasteiger partial charge in [0.1, 0.15) is 0 Å². The number of rotatable bonds is 32. The fourth-order valence-corrected chi connectivity index (χ4v) is 5.08. The highest BCUT2D eigenvalue weighted by atomic mass is 16.3. The first-order valence-electron chi connectivity index (χ1n) is 18.5. The average Bonchev–Trinajstić information content (AvgIpc) is 3.03. The van der Waals surface area contributed by atoms with Crippen molar-refractivity contribution in [1.29, 1.82) is 0 Å². The van der Waals surface area contributed by atoms with Crippen LogP contribution in [0.3, 0.4) is 0 Å². The van der Waals surface area contributed by atoms with Gasteiger partial charge in [0, 0.05) is 6.42 Å². The van der Waals surface area contributed by atoms with Crippen LogP contribution >= 0.6 is 0 Å². The maximum absolute atomic E-state index is 12.2. The van der Waals surface area contributed by atoms with E-state index < -0.39 is 12.1 Å². The number of carbonyl (C=O) groups is 1. The second-order valence-corrected chi connectivity index (χ2v) is 12.3. The van der Waals surface area contributed by atoms with E-state index in [-0.39, 0.29) is 12.5 Å². The number of amides is 1. The molecule has 0 aliphatic heterocycles. The molecule has 0 aliphatic rings. The molecule has 254 valence electrons. The van der Waals surface area contributed by atoms with Crippen LogP contribution in [-0.2, 0) is 4.79 Å². The smallest absolute Gasteiger partial charge is 0.220 e. The summed E-state index contributed by atoms with van der Waals surface area (Å²) in [5.74, 6) is -0.148. The molecule has 0 radical (unpaired) electrons. The molecule has 4 heteroatoms. The molecule has 0 spiro atoms. The van der Waals surface area contributed by atoms with Crippen molar-refractivity contribution in [3.05, 3.63) is 60.8 Å². The Kier molecular flexibility index (Phi) is 34.0. The summed E-state index contributed by atoms with van der Waals surface area (Å²) >= 11 is 0. The monoisotopic (exact) mass is 614 g/mol. The SMILES string of the molecule is CCCCCCCC/C=C\C/C=C\CCC(=O)NC(CO)C(O)/C=C/CC/C=C/CC/C=C/CCCCCCCCCCC. The van der Waals surface area contributed by atoms with Crippen molar-refractivity contribution in [2.24, 2.45) is 0 Å². The van der Waals surface area contributed by atoms with Gasteiger partial charge in [0.25, 0.3) is 0 Å². The van der Waals surface area contributed by atoms with E-state index in [9.17, 15) is 15.0 Å². The topological polar surface area (TPSA) is 69.6 Å². The van der Waals surface area contributed by atoms with Crippen LogP contribution < -0.4 is 5.32 Å². The molecular weight excluding hydrogens is 542 g/mol. The summed E-state index contributed by atoms with van der Waals surface area (Å²) in [6.45, 7) is 4.23. The predicted octanol–water partition coefficient (Wildman–Crippen LogP) is 11.0. The highest BCUT2D eigenvalue weighted by Gasteiger charge is 2.17. The molecule has 2 unspecified atom stereocenters. The van der Waals surface area contributed by atoms with Crippen molar-refractivity contribution >= 4 is 5.91 Å². The Morgan fingerprint density at radius 1 is 0.545 bits per heavy atom. The lowest BCUT2D eigenvalue weighted by Crippen LogP contribution is -2.45. The van der Waals surface area contributed by atoms with Gasteiger partial charge in [-0.1, -0.05) is 158 Å². The van der Waals surface area contributed by atoms with Gasteiger partial charge >= 0.3 is 0 Å². The number of allylic oxidation sites excluding steroid dienone is 9. The van der Waals surface area contributed by atoms with E-state index in [1.54, 1.807) is 6.08 Å². The Labute approximate surface area is 273 Å². The maximum atomic E-state index is 12.2. The van der Waals surface area contributed by atoms with E-state index in [1.807, 2.05) is 12.2 Å². The molecule has 0 aromatic rings. The molecule has 0 heterocycles. The summed E-state index contributed by atoms with van der Waals surface area (Å²) in [4.78, 5) is 12.2. The van der Waals surface area contributed by atoms with Gasteiger partial charge in [-0.15, -0.1) is 0 Å². The van der Waals surface area contributed by atoms with Crippen molar-refractivity contribution in [2.45, 2.75) is 180 Å². The molecule has 0 rings (SSSR count). The lowest BCUT2D eigenvalue weighted by molar-refractivity contribution is -0.122. The number of nitrogens with one attached hydrogen (secondary N) is 1. The van der Waals surface area contributed by atoms with E-state index in [0.29, 0.717) is 12.8 Å². The number of aliphatic hydroxyl groups is 2. The Bertz CT molecular complexity index is 752. The van der Waals surface area contributed by atoms with Gasteiger partial charge in [-0.2, -0.15) is 0 Å². The summed E-state index contributed by atoms with van der Waals surface area (Å²) in [7, 11) is 0. The molecule has 0 saturated heterocycles. The van der Waals surface area contributed by atoms with Gasteiger partial charge in [-0.25, -0.2) is 0 Å². The number of aliphatic hydroxyl groups excluding tert-OH is 2. The van der Waals surface area contributed by atoms with Crippen molar-refractivity contribution < 1.29 is 15.0 Å². The average molecular weight is 614 g/mol. The van der Waals surface area contributed by atoms with Gasteiger partial charge < -0.3 is 15.5 Å². The van der Waals surface area contributed by atoms with Crippen molar-refractivity contribution in [3.63, 3.8) is 0 Å². The summed E-state index contributed by atoms with van der Waals surface area (Å²) in [6, 6.07) is -0.675. The number of unbranched alkanes of at least 4 members (excludes halogenated alkanes) is 17. The number of hydrogen-bond acceptors (Lipinski definition) is 3. The molecule has 1 amide bonds. The van der Waals surface area contributed by atoms with Crippen LogP contribution in [0, 0.1) is 0 Å². The Balaban J connectivity index is 3.80. The molecule has 0 bridgehead atoms. The van der Waals surface area contributed by atoms with E-state index in [2.05, 4.69) is 61.7 Å². The van der Waals surface area contributed by atoms with Crippen LogP contribution in [0.25, 0.3) is 0 Å². The van der Waals surface area contributed by atoms with Crippen LogP contribution in [0.4, 0.5) is 0 Å². The minimum absolute atomic E-state index is 0.148. The second-order valence-electron chi connectivity index (χ2n) is 12.3. The Morgan fingerprint density at radius 3 is 1.45 bits per heavy atom. The van der Waals surface area contributed by atoms with Crippen LogP contribution in [0.15, 0.2) is 60.8 Å². The summed E-state index contributed by atoms with van der Waals surface area (Å²) in [5, 5.41) is 22.8. The molecule has 0 aromatic heterocycles. The lowest BCUT2D eigenvalue weighted by atomic mass is 10.1. The van der Waals surface area contributed by atoms with Gasteiger partial charge in [-0.05, 0) is 64.2 Å². The van der Waals surface area contributed by atoms with Crippen LogP contribution in [-0.4, -0.2) is 34.9 Å².